The molecule has 0 spiro atoms. The van der Waals surface area contributed by atoms with Crippen molar-refractivity contribution in [1.82, 2.24) is 9.97 Å². The molecule has 0 aliphatic carbocycles. The van der Waals surface area contributed by atoms with Crippen molar-refractivity contribution in [2.24, 2.45) is 5.84 Å². The van der Waals surface area contributed by atoms with Gasteiger partial charge in [0, 0.05) is 6.42 Å². The summed E-state index contributed by atoms with van der Waals surface area (Å²) < 4.78 is 5.83. The number of H-pyrrole nitrogens is 1. The van der Waals surface area contributed by atoms with Gasteiger partial charge in [0.2, 0.25) is 5.95 Å². The molecule has 23 heavy (non-hydrogen) atoms. The predicted molar refractivity (Wildman–Crippen MR) is 82.0 cm³/mol. The van der Waals surface area contributed by atoms with Crippen molar-refractivity contribution >= 4 is 17.5 Å². The number of terminal acetylenes is 1. The Bertz CT molecular complexity index is 715. The first-order valence-corrected chi connectivity index (χ1v) is 7.01. The van der Waals surface area contributed by atoms with E-state index in [4.69, 9.17) is 22.7 Å². The highest BCUT2D eigenvalue weighted by molar-refractivity contribution is 5.72. The van der Waals surface area contributed by atoms with Crippen LogP contribution in [-0.4, -0.2) is 51.4 Å². The lowest BCUT2D eigenvalue weighted by atomic mass is 10.0. The highest BCUT2D eigenvalue weighted by Crippen LogP contribution is 2.43. The van der Waals surface area contributed by atoms with Gasteiger partial charge in [-0.3, -0.25) is 14.8 Å². The summed E-state index contributed by atoms with van der Waals surface area (Å²) in [7, 11) is 0. The molecule has 1 fully saturated rings. The van der Waals surface area contributed by atoms with E-state index < -0.39 is 23.5 Å². The smallest absolute Gasteiger partial charge is 0.279 e. The van der Waals surface area contributed by atoms with Crippen LogP contribution in [0, 0.1) is 12.3 Å². The quantitative estimate of drug-likeness (QED) is 0.304. The highest BCUT2D eigenvalue weighted by atomic mass is 16.6. The minimum Gasteiger partial charge on any atom is -0.394 e. The zero-order chi connectivity index (χ0) is 16.8. The molecule has 2 aliphatic heterocycles. The number of aromatic amines is 1. The van der Waals surface area contributed by atoms with Gasteiger partial charge in [-0.1, -0.05) is 0 Å². The molecule has 0 saturated carbocycles. The fourth-order valence-electron chi connectivity index (χ4n) is 3.10. The van der Waals surface area contributed by atoms with Gasteiger partial charge in [0.25, 0.3) is 5.56 Å². The van der Waals surface area contributed by atoms with E-state index in [1.165, 1.54) is 5.01 Å². The second kappa shape index (κ2) is 5.39. The fraction of sp³-hybridized carbons (Fsp3) is 0.538. The second-order valence-electron chi connectivity index (χ2n) is 5.60. The summed E-state index contributed by atoms with van der Waals surface area (Å²) in [5, 5.41) is 20.6. The van der Waals surface area contributed by atoms with E-state index >= 15 is 0 Å². The topological polar surface area (TPSA) is 154 Å². The summed E-state index contributed by atoms with van der Waals surface area (Å²) >= 11 is 0. The number of nitrogens with zero attached hydrogens (tertiary/aromatic N) is 3. The molecule has 0 aromatic carbocycles. The van der Waals surface area contributed by atoms with Crippen molar-refractivity contribution in [1.29, 1.82) is 0 Å². The molecule has 3 atom stereocenters. The maximum Gasteiger partial charge on any atom is 0.279 e. The van der Waals surface area contributed by atoms with Gasteiger partial charge in [-0.05, 0) is 0 Å². The Morgan fingerprint density at radius 3 is 2.96 bits per heavy atom. The largest absolute Gasteiger partial charge is 0.394 e. The van der Waals surface area contributed by atoms with Crippen molar-refractivity contribution in [3.63, 3.8) is 0 Å². The molecule has 0 unspecified atom stereocenters. The normalized spacial score (nSPS) is 29.7. The molecule has 10 heteroatoms. The number of hydrogen-bond acceptors (Lipinski definition) is 9. The Morgan fingerprint density at radius 2 is 2.35 bits per heavy atom. The summed E-state index contributed by atoms with van der Waals surface area (Å²) in [5.41, 5.74) is 4.14. The van der Waals surface area contributed by atoms with Gasteiger partial charge in [-0.2, -0.15) is 4.98 Å². The number of fused-ring (bicyclic) bond motifs is 1. The van der Waals surface area contributed by atoms with E-state index in [0.717, 1.165) is 0 Å². The minimum atomic E-state index is -1.13. The number of rotatable bonds is 3. The Balaban J connectivity index is 2.08. The average Bonchev–Trinajstić information content (AvgIpc) is 2.98. The lowest BCUT2D eigenvalue weighted by Gasteiger charge is -2.37. The van der Waals surface area contributed by atoms with E-state index in [-0.39, 0.29) is 43.6 Å². The third-order valence-electron chi connectivity index (χ3n) is 4.11. The first kappa shape index (κ1) is 15.6. The number of nitrogens with one attached hydrogen (secondary N) is 1. The van der Waals surface area contributed by atoms with Crippen molar-refractivity contribution in [3.05, 3.63) is 10.4 Å². The summed E-state index contributed by atoms with van der Waals surface area (Å²) in [4.78, 5) is 20.2. The Morgan fingerprint density at radius 1 is 1.61 bits per heavy atom. The molecule has 0 radical (unpaired) electrons. The van der Waals surface area contributed by atoms with Gasteiger partial charge in [0.1, 0.15) is 12.8 Å². The monoisotopic (exact) mass is 322 g/mol. The number of aliphatic hydroxyl groups excluding tert-OH is 2. The van der Waals surface area contributed by atoms with Gasteiger partial charge < -0.3 is 25.6 Å². The molecule has 1 aromatic heterocycles. The van der Waals surface area contributed by atoms with E-state index in [0.29, 0.717) is 0 Å². The zero-order valence-corrected chi connectivity index (χ0v) is 12.3. The molecule has 2 aliphatic rings. The average molecular weight is 322 g/mol. The van der Waals surface area contributed by atoms with Crippen molar-refractivity contribution in [2.75, 3.05) is 28.9 Å². The minimum absolute atomic E-state index is 0.0674. The fourth-order valence-corrected chi connectivity index (χ4v) is 3.10. The molecule has 0 bridgehead atoms. The first-order chi connectivity index (χ1) is 10.9. The van der Waals surface area contributed by atoms with E-state index in [1.54, 1.807) is 4.90 Å². The number of aliphatic hydroxyl groups is 2. The molecule has 3 rings (SSSR count). The van der Waals surface area contributed by atoms with Crippen LogP contribution in [0.1, 0.15) is 12.8 Å². The number of nitrogens with two attached hydrogens (primary N) is 2. The summed E-state index contributed by atoms with van der Waals surface area (Å²) in [5.74, 6) is 8.55. The number of ether oxygens (including phenoxy) is 1. The third kappa shape index (κ3) is 2.30. The molecule has 1 saturated heterocycles. The summed E-state index contributed by atoms with van der Waals surface area (Å²) in [6.07, 6.45) is 4.03. The van der Waals surface area contributed by atoms with Crippen LogP contribution in [0.3, 0.4) is 0 Å². The SMILES string of the molecule is C#CC[C@]1(N2CN(N)c3c2nc(N)[nH]c3=O)C[C@H](O)[C@@H](CO)O1. The van der Waals surface area contributed by atoms with Gasteiger partial charge in [-0.15, -0.1) is 12.3 Å². The van der Waals surface area contributed by atoms with E-state index in [1.807, 2.05) is 0 Å². The maximum atomic E-state index is 12.1. The van der Waals surface area contributed by atoms with Crippen molar-refractivity contribution in [2.45, 2.75) is 30.8 Å². The number of aromatic nitrogens is 2. The Kier molecular flexibility index (Phi) is 3.65. The van der Waals surface area contributed by atoms with Gasteiger partial charge in [0.15, 0.2) is 17.2 Å². The lowest BCUT2D eigenvalue weighted by molar-refractivity contribution is -0.0706. The zero-order valence-electron chi connectivity index (χ0n) is 12.3. The highest BCUT2D eigenvalue weighted by Gasteiger charge is 2.52. The Labute approximate surface area is 131 Å². The molecular formula is C13H18N6O4. The summed E-state index contributed by atoms with van der Waals surface area (Å²) in [6, 6.07) is 0. The standard InChI is InChI=1S/C13H18N6O4/c1-2-3-13(4-7(21)8(5-20)23-13)18-6-19(15)9-10(18)16-12(14)17-11(9)22/h1,7-8,20-21H,3-6,15H2,(H3,14,16,17,22)/t7-,8+,13+/m0/s1. The van der Waals surface area contributed by atoms with Crippen LogP contribution in [0.15, 0.2) is 4.79 Å². The molecule has 0 amide bonds. The molecular weight excluding hydrogens is 304 g/mol. The molecule has 124 valence electrons. The maximum absolute atomic E-state index is 12.1. The van der Waals surface area contributed by atoms with Crippen LogP contribution < -0.4 is 27.0 Å². The van der Waals surface area contributed by atoms with Crippen LogP contribution in [0.25, 0.3) is 0 Å². The van der Waals surface area contributed by atoms with Crippen LogP contribution in [0.5, 0.6) is 0 Å². The molecule has 3 heterocycles. The molecule has 1 aromatic rings. The van der Waals surface area contributed by atoms with E-state index in [2.05, 4.69) is 15.9 Å². The van der Waals surface area contributed by atoms with Crippen LogP contribution in [0.2, 0.25) is 0 Å². The van der Waals surface area contributed by atoms with Crippen LogP contribution in [0.4, 0.5) is 17.5 Å². The third-order valence-corrected chi connectivity index (χ3v) is 4.11. The number of hydrazine groups is 1. The van der Waals surface area contributed by atoms with E-state index in [9.17, 15) is 15.0 Å². The van der Waals surface area contributed by atoms with Crippen LogP contribution >= 0.6 is 0 Å². The van der Waals surface area contributed by atoms with Gasteiger partial charge >= 0.3 is 0 Å². The first-order valence-electron chi connectivity index (χ1n) is 7.01. The van der Waals surface area contributed by atoms with Crippen molar-refractivity contribution < 1.29 is 14.9 Å². The second-order valence-corrected chi connectivity index (χ2v) is 5.60. The summed E-state index contributed by atoms with van der Waals surface area (Å²) in [6.45, 7) is -0.271. The van der Waals surface area contributed by atoms with Crippen LogP contribution in [-0.2, 0) is 4.74 Å². The van der Waals surface area contributed by atoms with Gasteiger partial charge in [0.05, 0.1) is 19.1 Å². The predicted octanol–water partition coefficient (Wildman–Crippen LogP) is -2.33. The Hall–Kier alpha value is -2.32. The lowest BCUT2D eigenvalue weighted by Crippen LogP contribution is -2.52. The van der Waals surface area contributed by atoms with Gasteiger partial charge in [-0.25, -0.2) is 5.84 Å². The molecule has 7 N–H and O–H groups in total. The van der Waals surface area contributed by atoms with Crippen molar-refractivity contribution in [3.8, 4) is 12.3 Å². The number of nitrogen functional groups attached to an aromatic ring is 1. The number of hydrogen-bond donors (Lipinski definition) is 5. The number of anilines is 3. The molecule has 10 nitrogen and oxygen atoms in total.